The van der Waals surface area contributed by atoms with Crippen LogP contribution in [0.15, 0.2) is 4.99 Å². The van der Waals surface area contributed by atoms with Crippen molar-refractivity contribution < 1.29 is 4.21 Å². The van der Waals surface area contributed by atoms with Crippen LogP contribution >= 0.6 is 24.0 Å². The summed E-state index contributed by atoms with van der Waals surface area (Å²) in [5.41, 5.74) is 0. The molecule has 0 spiro atoms. The fourth-order valence-corrected chi connectivity index (χ4v) is 5.43. The Morgan fingerprint density at radius 2 is 1.82 bits per heavy atom. The van der Waals surface area contributed by atoms with Crippen LogP contribution in [0.4, 0.5) is 0 Å². The van der Waals surface area contributed by atoms with E-state index in [1.165, 1.54) is 25.7 Å². The first-order chi connectivity index (χ1) is 13.1. The predicted molar refractivity (Wildman–Crippen MR) is 126 cm³/mol. The molecule has 0 amide bonds. The Kier molecular flexibility index (Phi) is 9.65. The van der Waals surface area contributed by atoms with E-state index in [0.717, 1.165) is 49.0 Å². The summed E-state index contributed by atoms with van der Waals surface area (Å²) in [6.45, 7) is 4.48. The van der Waals surface area contributed by atoms with Gasteiger partial charge in [-0.2, -0.15) is 0 Å². The monoisotopic (exact) mass is 522 g/mol. The third-order valence-electron chi connectivity index (χ3n) is 5.88. The van der Waals surface area contributed by atoms with Gasteiger partial charge in [0.2, 0.25) is 0 Å². The highest BCUT2D eigenvalue weighted by Gasteiger charge is 2.27. The molecule has 2 aliphatic rings. The zero-order valence-electron chi connectivity index (χ0n) is 17.3. The molecule has 28 heavy (non-hydrogen) atoms. The van der Waals surface area contributed by atoms with E-state index < -0.39 is 10.8 Å². The van der Waals surface area contributed by atoms with Crippen LogP contribution in [0.5, 0.6) is 0 Å². The van der Waals surface area contributed by atoms with Gasteiger partial charge in [0.15, 0.2) is 11.8 Å². The number of rotatable bonds is 6. The number of aryl methyl sites for hydroxylation is 1. The lowest BCUT2D eigenvalue weighted by Gasteiger charge is -2.31. The van der Waals surface area contributed by atoms with Crippen molar-refractivity contribution >= 4 is 40.7 Å². The molecule has 160 valence electrons. The van der Waals surface area contributed by atoms with E-state index in [9.17, 15) is 4.21 Å². The SMILES string of the molecule is CCS(=O)C1CCCC(NC(=NCc2nnc(C)n2C)NC2CCCC2)C1.I. The Labute approximate surface area is 188 Å². The number of hydrogen-bond donors (Lipinski definition) is 2. The average molecular weight is 523 g/mol. The summed E-state index contributed by atoms with van der Waals surface area (Å²) in [4.78, 5) is 4.81. The molecule has 2 fully saturated rings. The third kappa shape index (κ3) is 6.40. The zero-order valence-corrected chi connectivity index (χ0v) is 20.5. The van der Waals surface area contributed by atoms with Crippen LogP contribution in [0.1, 0.15) is 69.9 Å². The van der Waals surface area contributed by atoms with Crippen LogP contribution in [0, 0.1) is 6.92 Å². The molecule has 2 saturated carbocycles. The number of guanidine groups is 1. The standard InChI is InChI=1S/C19H34N6OS.HI/c1-4-27(26)17-11-7-10-16(12-17)22-19(21-15-8-5-6-9-15)20-13-18-24-23-14(2)25(18)3;/h15-17H,4-13H2,1-3H3,(H2,20,21,22);1H. The fourth-order valence-electron chi connectivity index (χ4n) is 4.08. The summed E-state index contributed by atoms with van der Waals surface area (Å²) in [6.07, 6.45) is 9.28. The van der Waals surface area contributed by atoms with Gasteiger partial charge in [0, 0.05) is 40.9 Å². The van der Waals surface area contributed by atoms with Gasteiger partial charge >= 0.3 is 0 Å². The quantitative estimate of drug-likeness (QED) is 0.341. The highest BCUT2D eigenvalue weighted by Crippen LogP contribution is 2.23. The third-order valence-corrected chi connectivity index (χ3v) is 7.62. The Morgan fingerprint density at radius 1 is 1.14 bits per heavy atom. The molecule has 9 heteroatoms. The summed E-state index contributed by atoms with van der Waals surface area (Å²) >= 11 is 0. The number of halogens is 1. The number of hydrogen-bond acceptors (Lipinski definition) is 4. The minimum absolute atomic E-state index is 0. The van der Waals surface area contributed by atoms with Crippen molar-refractivity contribution in [3.8, 4) is 0 Å². The molecule has 0 aromatic carbocycles. The molecule has 3 unspecified atom stereocenters. The van der Waals surface area contributed by atoms with Gasteiger partial charge < -0.3 is 15.2 Å². The Bertz CT molecular complexity index is 673. The minimum Gasteiger partial charge on any atom is -0.354 e. The Hall–Kier alpha value is -0.710. The lowest BCUT2D eigenvalue weighted by atomic mass is 9.95. The van der Waals surface area contributed by atoms with E-state index >= 15 is 0 Å². The van der Waals surface area contributed by atoms with Gasteiger partial charge in [0.25, 0.3) is 0 Å². The van der Waals surface area contributed by atoms with Crippen molar-refractivity contribution in [3.05, 3.63) is 11.6 Å². The molecule has 3 atom stereocenters. The number of nitrogens with zero attached hydrogens (tertiary/aromatic N) is 4. The van der Waals surface area contributed by atoms with Crippen molar-refractivity contribution in [2.75, 3.05) is 5.75 Å². The van der Waals surface area contributed by atoms with Crippen LogP contribution in [0.25, 0.3) is 0 Å². The smallest absolute Gasteiger partial charge is 0.192 e. The van der Waals surface area contributed by atoms with E-state index in [1.54, 1.807) is 0 Å². The number of nitrogens with one attached hydrogen (secondary N) is 2. The van der Waals surface area contributed by atoms with Gasteiger partial charge in [0.05, 0.1) is 0 Å². The summed E-state index contributed by atoms with van der Waals surface area (Å²) in [5, 5.41) is 15.9. The normalized spacial score (nSPS) is 24.6. The maximum absolute atomic E-state index is 12.2. The largest absolute Gasteiger partial charge is 0.354 e. The molecule has 0 radical (unpaired) electrons. The number of aromatic nitrogens is 3. The van der Waals surface area contributed by atoms with E-state index in [4.69, 9.17) is 4.99 Å². The van der Waals surface area contributed by atoms with Gasteiger partial charge in [-0.25, -0.2) is 4.99 Å². The van der Waals surface area contributed by atoms with Crippen LogP contribution in [-0.4, -0.2) is 48.0 Å². The summed E-state index contributed by atoms with van der Waals surface area (Å²) in [5.74, 6) is 3.39. The molecule has 7 nitrogen and oxygen atoms in total. The molecule has 2 aliphatic carbocycles. The molecule has 0 bridgehead atoms. The summed E-state index contributed by atoms with van der Waals surface area (Å²) in [6, 6.07) is 0.842. The first-order valence-electron chi connectivity index (χ1n) is 10.4. The lowest BCUT2D eigenvalue weighted by molar-refractivity contribution is 0.411. The van der Waals surface area contributed by atoms with E-state index in [2.05, 4.69) is 20.8 Å². The van der Waals surface area contributed by atoms with Gasteiger partial charge in [-0.15, -0.1) is 34.2 Å². The molecule has 1 aromatic heterocycles. The molecule has 0 saturated heterocycles. The van der Waals surface area contributed by atoms with Crippen molar-refractivity contribution in [1.82, 2.24) is 25.4 Å². The van der Waals surface area contributed by atoms with Crippen LogP contribution in [0.2, 0.25) is 0 Å². The van der Waals surface area contributed by atoms with Gasteiger partial charge in [-0.3, -0.25) is 4.21 Å². The predicted octanol–water partition coefficient (Wildman–Crippen LogP) is 2.80. The first kappa shape index (κ1) is 23.6. The highest BCUT2D eigenvalue weighted by atomic mass is 127. The van der Waals surface area contributed by atoms with E-state index in [-0.39, 0.29) is 24.0 Å². The maximum atomic E-state index is 12.2. The molecule has 2 N–H and O–H groups in total. The van der Waals surface area contributed by atoms with Crippen molar-refractivity contribution in [2.24, 2.45) is 12.0 Å². The summed E-state index contributed by atoms with van der Waals surface area (Å²) in [7, 11) is 1.27. The van der Waals surface area contributed by atoms with E-state index in [1.807, 2.05) is 25.5 Å². The Morgan fingerprint density at radius 3 is 2.46 bits per heavy atom. The second kappa shape index (κ2) is 11.5. The average Bonchev–Trinajstić information content (AvgIpc) is 3.30. The van der Waals surface area contributed by atoms with Crippen LogP contribution in [0.3, 0.4) is 0 Å². The fraction of sp³-hybridized carbons (Fsp3) is 0.842. The second-order valence-electron chi connectivity index (χ2n) is 7.81. The molecule has 1 aromatic rings. The molecule has 0 aliphatic heterocycles. The Balaban J connectivity index is 0.00000280. The van der Waals surface area contributed by atoms with Crippen molar-refractivity contribution in [2.45, 2.75) is 89.1 Å². The van der Waals surface area contributed by atoms with Crippen LogP contribution in [-0.2, 0) is 24.4 Å². The molecule has 3 rings (SSSR count). The van der Waals surface area contributed by atoms with Crippen LogP contribution < -0.4 is 10.6 Å². The summed E-state index contributed by atoms with van der Waals surface area (Å²) < 4.78 is 14.2. The number of aliphatic imine (C=N–C) groups is 1. The lowest BCUT2D eigenvalue weighted by Crippen LogP contribution is -2.49. The zero-order chi connectivity index (χ0) is 19.2. The molecule has 1 heterocycles. The maximum Gasteiger partial charge on any atom is 0.192 e. The molecular weight excluding hydrogens is 487 g/mol. The highest BCUT2D eigenvalue weighted by molar-refractivity contribution is 14.0. The minimum atomic E-state index is -0.709. The van der Waals surface area contributed by atoms with Gasteiger partial charge in [-0.1, -0.05) is 26.2 Å². The van der Waals surface area contributed by atoms with Gasteiger partial charge in [0.1, 0.15) is 12.4 Å². The topological polar surface area (TPSA) is 84.2 Å². The van der Waals surface area contributed by atoms with Crippen molar-refractivity contribution in [3.63, 3.8) is 0 Å². The second-order valence-corrected chi connectivity index (χ2v) is 9.82. The van der Waals surface area contributed by atoms with E-state index in [0.29, 0.717) is 23.9 Å². The molecular formula is C19H35IN6OS. The van der Waals surface area contributed by atoms with Gasteiger partial charge in [-0.05, 0) is 39.0 Å². The first-order valence-corrected chi connectivity index (χ1v) is 11.7. The van der Waals surface area contributed by atoms with Crippen molar-refractivity contribution in [1.29, 1.82) is 0 Å².